The Kier molecular flexibility index (Phi) is 9.43. The van der Waals surface area contributed by atoms with Gasteiger partial charge in [0.2, 0.25) is 5.91 Å². The van der Waals surface area contributed by atoms with Crippen LogP contribution in [0.1, 0.15) is 37.7 Å². The molecule has 1 aromatic rings. The Bertz CT molecular complexity index is 552. The van der Waals surface area contributed by atoms with Gasteiger partial charge in [0.15, 0.2) is 0 Å². The molecule has 0 bridgehead atoms. The first-order valence-electron chi connectivity index (χ1n) is 8.68. The Balaban J connectivity index is 0.00000156. The summed E-state index contributed by atoms with van der Waals surface area (Å²) in [6.45, 7) is 1.67. The molecule has 6 heteroatoms. The molecule has 136 valence electrons. The molecule has 25 heavy (non-hydrogen) atoms. The number of hydrogen-bond donors (Lipinski definition) is 1. The van der Waals surface area contributed by atoms with Gasteiger partial charge in [-0.1, -0.05) is 43.2 Å². The number of nitrogens with zero attached hydrogens (tertiary/aromatic N) is 1. The molecule has 2 fully saturated rings. The van der Waals surface area contributed by atoms with Crippen LogP contribution in [-0.4, -0.2) is 78.2 Å². The Morgan fingerprint density at radius 3 is 2.16 bits per heavy atom. The summed E-state index contributed by atoms with van der Waals surface area (Å²) in [6, 6.07) is 9.56. The fourth-order valence-corrected chi connectivity index (χ4v) is 4.09. The van der Waals surface area contributed by atoms with Crippen molar-refractivity contribution in [3.05, 3.63) is 35.9 Å². The maximum absolute atomic E-state index is 12.6. The first-order chi connectivity index (χ1) is 11.1. The van der Waals surface area contributed by atoms with Crippen LogP contribution in [0.4, 0.5) is 0 Å². The molecule has 0 radical (unpaired) electrons. The summed E-state index contributed by atoms with van der Waals surface area (Å²) >= 11 is 0. The fraction of sp³-hybridized carbons (Fsp3) is 0.579. The predicted molar refractivity (Wildman–Crippen MR) is 100 cm³/mol. The van der Waals surface area contributed by atoms with Crippen molar-refractivity contribution in [2.75, 3.05) is 13.1 Å². The number of amides is 1. The number of carbonyl (C=O) groups is 2. The first-order valence-corrected chi connectivity index (χ1v) is 8.68. The predicted octanol–water partition coefficient (Wildman–Crippen LogP) is 1.23. The van der Waals surface area contributed by atoms with Crippen molar-refractivity contribution in [1.29, 1.82) is 0 Å². The van der Waals surface area contributed by atoms with Crippen molar-refractivity contribution in [3.8, 4) is 0 Å². The zero-order valence-corrected chi connectivity index (χ0v) is 14.0. The van der Waals surface area contributed by atoms with Crippen molar-refractivity contribution in [2.24, 2.45) is 17.8 Å². The molecular formula is C19H29CaNO4. The van der Waals surface area contributed by atoms with Crippen molar-refractivity contribution < 1.29 is 20.2 Å². The van der Waals surface area contributed by atoms with Crippen LogP contribution in [0.3, 0.4) is 0 Å². The number of likely N-dealkylation sites (tertiary alicyclic amines) is 1. The molecule has 1 heterocycles. The number of carboxylic acids is 1. The van der Waals surface area contributed by atoms with Gasteiger partial charge in [-0.2, -0.15) is 0 Å². The molecule has 1 aliphatic heterocycles. The number of fused-ring (bicyclic) bond motifs is 1. The van der Waals surface area contributed by atoms with Crippen molar-refractivity contribution >= 4 is 49.6 Å². The third-order valence-corrected chi connectivity index (χ3v) is 5.42. The molecule has 0 unspecified atom stereocenters. The molecule has 5 nitrogen and oxygen atoms in total. The number of hydrogen-bond acceptors (Lipinski definition) is 2. The number of aliphatic carboxylic acids is 1. The van der Waals surface area contributed by atoms with Gasteiger partial charge in [0, 0.05) is 19.5 Å². The number of benzene rings is 1. The monoisotopic (exact) mass is 375 g/mol. The van der Waals surface area contributed by atoms with E-state index in [4.69, 9.17) is 0 Å². The molecule has 2 aliphatic rings. The summed E-state index contributed by atoms with van der Waals surface area (Å²) in [5, 5.41) is 9.46. The van der Waals surface area contributed by atoms with Gasteiger partial charge in [-0.15, -0.1) is 0 Å². The minimum absolute atomic E-state index is 0. The summed E-state index contributed by atoms with van der Waals surface area (Å²) in [7, 11) is 0. The Morgan fingerprint density at radius 1 is 1.08 bits per heavy atom. The number of carbonyl (C=O) groups excluding carboxylic acids is 1. The fourth-order valence-electron chi connectivity index (χ4n) is 4.09. The summed E-state index contributed by atoms with van der Waals surface area (Å²) in [6.07, 6.45) is 5.53. The number of carboxylic acid groups (broad SMARTS) is 1. The van der Waals surface area contributed by atoms with Gasteiger partial charge in [-0.05, 0) is 36.7 Å². The van der Waals surface area contributed by atoms with Gasteiger partial charge in [-0.25, -0.2) is 0 Å². The quantitative estimate of drug-likeness (QED) is 0.785. The summed E-state index contributed by atoms with van der Waals surface area (Å²) in [4.78, 5) is 26.0. The van der Waals surface area contributed by atoms with Crippen LogP contribution in [0.25, 0.3) is 0 Å². The molecular weight excluding hydrogens is 346 g/mol. The second-order valence-corrected chi connectivity index (χ2v) is 7.03. The molecule has 1 aromatic carbocycles. The average Bonchev–Trinajstić information content (AvgIpc) is 2.99. The molecule has 3 N–H and O–H groups in total. The molecule has 3 rings (SSSR count). The van der Waals surface area contributed by atoms with E-state index in [1.54, 1.807) is 0 Å². The zero-order valence-electron chi connectivity index (χ0n) is 14.0. The number of rotatable bonds is 5. The third kappa shape index (κ3) is 5.95. The van der Waals surface area contributed by atoms with Crippen LogP contribution in [0.5, 0.6) is 0 Å². The summed E-state index contributed by atoms with van der Waals surface area (Å²) in [5.41, 5.74) is 0.975. The molecule has 3 atom stereocenters. The van der Waals surface area contributed by atoms with E-state index in [2.05, 4.69) is 0 Å². The van der Waals surface area contributed by atoms with Gasteiger partial charge in [0.05, 0.1) is 5.92 Å². The SMILES string of the molecule is O.O=C(O)[C@H](CC(=O)N1C[C@H]2CCCC[C@H]2C1)Cc1ccccc1.[CaH2]. The second kappa shape index (κ2) is 10.5. The molecule has 0 spiro atoms. The van der Waals surface area contributed by atoms with Crippen LogP contribution in [0, 0.1) is 17.8 Å². The molecule has 1 saturated carbocycles. The molecule has 1 aliphatic carbocycles. The normalized spacial score (nSPS) is 23.0. The van der Waals surface area contributed by atoms with E-state index in [0.29, 0.717) is 18.3 Å². The molecule has 0 aromatic heterocycles. The topological polar surface area (TPSA) is 89.1 Å². The Labute approximate surface area is 179 Å². The van der Waals surface area contributed by atoms with Crippen molar-refractivity contribution in [1.82, 2.24) is 4.90 Å². The van der Waals surface area contributed by atoms with Gasteiger partial charge in [0.25, 0.3) is 0 Å². The van der Waals surface area contributed by atoms with Gasteiger partial charge < -0.3 is 15.5 Å². The van der Waals surface area contributed by atoms with E-state index in [-0.39, 0.29) is 55.5 Å². The summed E-state index contributed by atoms with van der Waals surface area (Å²) < 4.78 is 0. The Hall–Kier alpha value is -0.620. The van der Waals surface area contributed by atoms with Crippen LogP contribution >= 0.6 is 0 Å². The van der Waals surface area contributed by atoms with Crippen molar-refractivity contribution in [3.63, 3.8) is 0 Å². The van der Waals surface area contributed by atoms with Crippen LogP contribution in [-0.2, 0) is 16.0 Å². The van der Waals surface area contributed by atoms with Crippen LogP contribution in [0.2, 0.25) is 0 Å². The van der Waals surface area contributed by atoms with Crippen molar-refractivity contribution in [2.45, 2.75) is 38.5 Å². The Morgan fingerprint density at radius 2 is 1.64 bits per heavy atom. The van der Waals surface area contributed by atoms with Gasteiger partial charge in [-0.3, -0.25) is 9.59 Å². The van der Waals surface area contributed by atoms with E-state index in [1.807, 2.05) is 35.2 Å². The summed E-state index contributed by atoms with van der Waals surface area (Å²) in [5.74, 6) is -0.204. The van der Waals surface area contributed by atoms with E-state index in [1.165, 1.54) is 25.7 Å². The van der Waals surface area contributed by atoms with E-state index >= 15 is 0 Å². The maximum atomic E-state index is 12.6. The third-order valence-electron chi connectivity index (χ3n) is 5.42. The average molecular weight is 376 g/mol. The first kappa shape index (κ1) is 22.4. The van der Waals surface area contributed by atoms with Gasteiger partial charge in [0.1, 0.15) is 0 Å². The van der Waals surface area contributed by atoms with E-state index in [9.17, 15) is 14.7 Å². The van der Waals surface area contributed by atoms with Crippen LogP contribution < -0.4 is 0 Å². The second-order valence-electron chi connectivity index (χ2n) is 7.03. The molecule has 1 amide bonds. The zero-order chi connectivity index (χ0) is 16.2. The standard InChI is InChI=1S/C19H25NO3.Ca.H2O.2H/c21-18(20-12-15-8-4-5-9-16(15)13-20)11-17(19(22)23)10-14-6-2-1-3-7-14;;;;/h1-3,6-7,15-17H,4-5,8-13H2,(H,22,23);;1H2;;/t15-,16+,17-;;;;/m0..../s1. The van der Waals surface area contributed by atoms with E-state index < -0.39 is 11.9 Å². The molecule has 1 saturated heterocycles. The minimum atomic E-state index is -0.876. The van der Waals surface area contributed by atoms with Crippen LogP contribution in [0.15, 0.2) is 30.3 Å². The van der Waals surface area contributed by atoms with Gasteiger partial charge >= 0.3 is 43.7 Å². The van der Waals surface area contributed by atoms with E-state index in [0.717, 1.165) is 18.7 Å².